The molecular weight excluding hydrogens is 469 g/mol. The number of carbonyl (C=O) groups is 2. The molecule has 1 amide bonds. The third-order valence-electron chi connectivity index (χ3n) is 7.30. The molecule has 2 aliphatic heterocycles. The number of hydrogen-bond donors (Lipinski definition) is 1. The van der Waals surface area contributed by atoms with Crippen molar-refractivity contribution in [1.82, 2.24) is 9.47 Å². The van der Waals surface area contributed by atoms with E-state index in [2.05, 4.69) is 0 Å². The van der Waals surface area contributed by atoms with E-state index in [1.165, 1.54) is 13.3 Å². The van der Waals surface area contributed by atoms with E-state index in [9.17, 15) is 19.5 Å². The molecule has 3 fully saturated rings. The van der Waals surface area contributed by atoms with Crippen molar-refractivity contribution < 1.29 is 28.6 Å². The summed E-state index contributed by atoms with van der Waals surface area (Å²) in [5.74, 6) is -1.63. The van der Waals surface area contributed by atoms with E-state index >= 15 is 4.39 Å². The second-order valence-electron chi connectivity index (χ2n) is 11.0. The van der Waals surface area contributed by atoms with Crippen molar-refractivity contribution in [3.8, 4) is 5.75 Å². The zero-order chi connectivity index (χ0) is 25.9. The molecule has 2 saturated heterocycles. The molecule has 2 aromatic rings. The van der Waals surface area contributed by atoms with Gasteiger partial charge in [0.1, 0.15) is 16.9 Å². The first-order valence-electron chi connectivity index (χ1n) is 12.4. The molecule has 1 aromatic heterocycles. The van der Waals surface area contributed by atoms with Crippen LogP contribution in [0.25, 0.3) is 10.9 Å². The third kappa shape index (κ3) is 4.16. The number of hydrogen-bond acceptors (Lipinski definition) is 6. The van der Waals surface area contributed by atoms with Crippen LogP contribution in [0.1, 0.15) is 62.9 Å². The molecule has 2 atom stereocenters. The van der Waals surface area contributed by atoms with Gasteiger partial charge in [0.05, 0.1) is 24.1 Å². The monoisotopic (exact) mass is 501 g/mol. The fraction of sp³-hybridized carbons (Fsp3) is 0.577. The van der Waals surface area contributed by atoms with Crippen molar-refractivity contribution in [2.45, 2.75) is 64.1 Å². The average molecular weight is 502 g/mol. The topological polar surface area (TPSA) is 101 Å². The largest absolute Gasteiger partial charge is 0.492 e. The van der Waals surface area contributed by atoms with Crippen molar-refractivity contribution in [2.24, 2.45) is 5.92 Å². The lowest BCUT2D eigenvalue weighted by Gasteiger charge is -2.37. The Hall–Kier alpha value is -3.30. The Balaban J connectivity index is 1.58. The number of rotatable bonds is 4. The number of likely N-dealkylation sites (tertiary alicyclic amines) is 1. The number of piperidine rings is 1. The molecule has 1 aromatic carbocycles. The lowest BCUT2D eigenvalue weighted by Crippen LogP contribution is -2.50. The molecule has 0 unspecified atom stereocenters. The molecule has 36 heavy (non-hydrogen) atoms. The number of methoxy groups -OCH3 is 1. The van der Waals surface area contributed by atoms with Crippen molar-refractivity contribution in [2.75, 3.05) is 31.6 Å². The lowest BCUT2D eigenvalue weighted by molar-refractivity contribution is 0.00668. The standard InChI is InChI=1S/C26H32FN3O6/c1-26(2,3)36-25(34)29-9-5-6-14-11-28(13-19(14)29)21-18(27)10-16-20(23(21)35-4)30(15-7-8-15)12-17(22(16)31)24(32)33/h10,12,14-15,19H,5-9,11,13H2,1-4H3,(H,32,33)/t14-,19+/m0/s1. The Bertz CT molecular complexity index is 1300. The van der Waals surface area contributed by atoms with Crippen molar-refractivity contribution in [3.63, 3.8) is 0 Å². The van der Waals surface area contributed by atoms with E-state index < -0.39 is 22.8 Å². The second-order valence-corrected chi connectivity index (χ2v) is 11.0. The predicted octanol–water partition coefficient (Wildman–Crippen LogP) is 4.02. The summed E-state index contributed by atoms with van der Waals surface area (Å²) in [5, 5.41) is 9.54. The number of fused-ring (bicyclic) bond motifs is 2. The molecule has 1 aliphatic carbocycles. The van der Waals surface area contributed by atoms with Crippen LogP contribution < -0.4 is 15.1 Å². The Morgan fingerprint density at radius 3 is 2.50 bits per heavy atom. The number of carboxylic acid groups (broad SMARTS) is 1. The van der Waals surface area contributed by atoms with Crippen molar-refractivity contribution in [3.05, 3.63) is 33.9 Å². The predicted molar refractivity (Wildman–Crippen MR) is 132 cm³/mol. The minimum absolute atomic E-state index is 0.00750. The van der Waals surface area contributed by atoms with Crippen LogP contribution in [0.5, 0.6) is 5.75 Å². The first kappa shape index (κ1) is 24.4. The highest BCUT2D eigenvalue weighted by molar-refractivity contribution is 5.97. The summed E-state index contributed by atoms with van der Waals surface area (Å²) < 4.78 is 28.8. The Morgan fingerprint density at radius 2 is 1.89 bits per heavy atom. The van der Waals surface area contributed by atoms with Crippen LogP contribution in [0.15, 0.2) is 17.1 Å². The molecule has 0 spiro atoms. The lowest BCUT2D eigenvalue weighted by atomic mass is 9.92. The van der Waals surface area contributed by atoms with Crippen molar-refractivity contribution >= 4 is 28.7 Å². The summed E-state index contributed by atoms with van der Waals surface area (Å²) in [6.45, 7) is 7.01. The first-order valence-corrected chi connectivity index (χ1v) is 12.4. The van der Waals surface area contributed by atoms with E-state index in [0.717, 1.165) is 31.7 Å². The van der Waals surface area contributed by atoms with Gasteiger partial charge in [-0.15, -0.1) is 0 Å². The summed E-state index contributed by atoms with van der Waals surface area (Å²) >= 11 is 0. The molecule has 10 heteroatoms. The molecule has 5 rings (SSSR count). The van der Waals surface area contributed by atoms with Gasteiger partial charge in [0.25, 0.3) is 0 Å². The van der Waals surface area contributed by atoms with Crippen LogP contribution in [-0.2, 0) is 4.74 Å². The number of amides is 1. The van der Waals surface area contributed by atoms with Gasteiger partial charge in [-0.3, -0.25) is 4.79 Å². The van der Waals surface area contributed by atoms with Crippen LogP contribution in [-0.4, -0.2) is 65.0 Å². The quantitative estimate of drug-likeness (QED) is 0.675. The zero-order valence-electron chi connectivity index (χ0n) is 21.0. The van der Waals surface area contributed by atoms with Crippen LogP contribution in [0.3, 0.4) is 0 Å². The highest BCUT2D eigenvalue weighted by Gasteiger charge is 2.44. The smallest absolute Gasteiger partial charge is 0.410 e. The Morgan fingerprint density at radius 1 is 1.17 bits per heavy atom. The number of aromatic carboxylic acids is 1. The van der Waals surface area contributed by atoms with Gasteiger partial charge < -0.3 is 28.9 Å². The normalized spacial score (nSPS) is 22.0. The minimum atomic E-state index is -1.34. The molecular formula is C26H32FN3O6. The van der Waals surface area contributed by atoms with Crippen LogP contribution in [0.4, 0.5) is 14.9 Å². The zero-order valence-corrected chi connectivity index (χ0v) is 21.0. The number of carboxylic acids is 1. The Kier molecular flexibility index (Phi) is 5.88. The summed E-state index contributed by atoms with van der Waals surface area (Å²) in [6.07, 6.45) is 4.41. The summed E-state index contributed by atoms with van der Waals surface area (Å²) in [5.41, 5.74) is -1.09. The molecule has 0 bridgehead atoms. The maximum atomic E-state index is 15.7. The van der Waals surface area contributed by atoms with Gasteiger partial charge in [0.15, 0.2) is 11.6 Å². The van der Waals surface area contributed by atoms with E-state index in [0.29, 0.717) is 25.2 Å². The average Bonchev–Trinajstić information content (AvgIpc) is 3.55. The Labute approximate surface area is 208 Å². The highest BCUT2D eigenvalue weighted by Crippen LogP contribution is 2.45. The number of carbonyl (C=O) groups excluding carboxylic acids is 1. The van der Waals surface area contributed by atoms with Gasteiger partial charge in [-0.2, -0.15) is 0 Å². The van der Waals surface area contributed by atoms with Crippen LogP contribution in [0.2, 0.25) is 0 Å². The van der Waals surface area contributed by atoms with Gasteiger partial charge in [-0.25, -0.2) is 14.0 Å². The molecule has 0 radical (unpaired) electrons. The van der Waals surface area contributed by atoms with Gasteiger partial charge in [0, 0.05) is 31.9 Å². The summed E-state index contributed by atoms with van der Waals surface area (Å²) in [7, 11) is 1.43. The SMILES string of the molecule is COc1c(N2C[C@@H]3CCCN(C(=O)OC(C)(C)C)[C@@H]3C2)c(F)cc2c(=O)c(C(=O)O)cn(C3CC3)c12. The van der Waals surface area contributed by atoms with Crippen molar-refractivity contribution in [1.29, 1.82) is 0 Å². The maximum Gasteiger partial charge on any atom is 0.410 e. The van der Waals surface area contributed by atoms with Gasteiger partial charge in [-0.05, 0) is 58.4 Å². The summed E-state index contributed by atoms with van der Waals surface area (Å²) in [4.78, 5) is 41.2. The molecule has 1 N–H and O–H groups in total. The fourth-order valence-electron chi connectivity index (χ4n) is 5.63. The second kappa shape index (κ2) is 8.67. The number of halogens is 1. The van der Waals surface area contributed by atoms with Crippen LogP contribution in [0, 0.1) is 11.7 Å². The number of nitrogens with zero attached hydrogens (tertiary/aromatic N) is 3. The number of ether oxygens (including phenoxy) is 2. The molecule has 194 valence electrons. The maximum absolute atomic E-state index is 15.7. The number of pyridine rings is 1. The van der Waals surface area contributed by atoms with E-state index in [-0.39, 0.29) is 46.5 Å². The van der Waals surface area contributed by atoms with Gasteiger partial charge in [0.2, 0.25) is 5.43 Å². The number of anilines is 1. The minimum Gasteiger partial charge on any atom is -0.492 e. The van der Waals surface area contributed by atoms with Crippen LogP contribution >= 0.6 is 0 Å². The third-order valence-corrected chi connectivity index (χ3v) is 7.30. The molecule has 3 heterocycles. The highest BCUT2D eigenvalue weighted by atomic mass is 19.1. The molecule has 9 nitrogen and oxygen atoms in total. The van der Waals surface area contributed by atoms with Gasteiger partial charge in [-0.1, -0.05) is 0 Å². The number of aromatic nitrogens is 1. The molecule has 1 saturated carbocycles. The van der Waals surface area contributed by atoms with Gasteiger partial charge >= 0.3 is 12.1 Å². The first-order chi connectivity index (χ1) is 17.0. The summed E-state index contributed by atoms with van der Waals surface area (Å²) in [6, 6.07) is 1.03. The van der Waals surface area contributed by atoms with E-state index in [4.69, 9.17) is 9.47 Å². The number of benzene rings is 1. The van der Waals surface area contributed by atoms with E-state index in [1.807, 2.05) is 25.7 Å². The fourth-order valence-corrected chi connectivity index (χ4v) is 5.63. The molecule has 3 aliphatic rings. The van der Waals surface area contributed by atoms with E-state index in [1.54, 1.807) is 9.47 Å².